The molecule has 1 atom stereocenters. The van der Waals surface area contributed by atoms with E-state index >= 15 is 0 Å². The van der Waals surface area contributed by atoms with Crippen LogP contribution in [0.1, 0.15) is 24.8 Å². The molecule has 6 nitrogen and oxygen atoms in total. The summed E-state index contributed by atoms with van der Waals surface area (Å²) in [6, 6.07) is 7.81. The first-order valence-electron chi connectivity index (χ1n) is 7.64. The lowest BCUT2D eigenvalue weighted by Gasteiger charge is -2.17. The Hall–Kier alpha value is -1.95. The molecule has 2 aromatic rings. The van der Waals surface area contributed by atoms with Crippen LogP contribution in [0, 0.1) is 6.92 Å². The zero-order valence-electron chi connectivity index (χ0n) is 12.2. The molecule has 0 radical (unpaired) electrons. The Morgan fingerprint density at radius 2 is 2.14 bits per heavy atom. The first-order valence-corrected chi connectivity index (χ1v) is 7.64. The first kappa shape index (κ1) is 12.8. The van der Waals surface area contributed by atoms with Crippen LogP contribution in [0.2, 0.25) is 0 Å². The number of likely N-dealkylation sites (tertiary alicyclic amines) is 1. The van der Waals surface area contributed by atoms with Crippen molar-refractivity contribution in [3.63, 3.8) is 0 Å². The lowest BCUT2D eigenvalue weighted by Crippen LogP contribution is -2.27. The van der Waals surface area contributed by atoms with Crippen molar-refractivity contribution in [2.24, 2.45) is 0 Å². The van der Waals surface area contributed by atoms with E-state index in [-0.39, 0.29) is 0 Å². The van der Waals surface area contributed by atoms with Crippen LogP contribution in [0.4, 0.5) is 5.69 Å². The Balaban J connectivity index is 1.49. The predicted octanol–water partition coefficient (Wildman–Crippen LogP) is 1.62. The first-order chi connectivity index (χ1) is 10.3. The van der Waals surface area contributed by atoms with Gasteiger partial charge in [0, 0.05) is 30.9 Å². The number of rotatable bonds is 4. The fourth-order valence-electron chi connectivity index (χ4n) is 3.13. The molecule has 1 aromatic carbocycles. The van der Waals surface area contributed by atoms with Crippen molar-refractivity contribution in [1.29, 1.82) is 0 Å². The summed E-state index contributed by atoms with van der Waals surface area (Å²) in [4.78, 5) is 2.62. The number of aryl methyl sites for hydroxylation is 1. The molecule has 21 heavy (non-hydrogen) atoms. The van der Waals surface area contributed by atoms with Gasteiger partial charge in [0.2, 0.25) is 0 Å². The van der Waals surface area contributed by atoms with Gasteiger partial charge in [-0.1, -0.05) is 6.07 Å². The monoisotopic (exact) mass is 284 g/mol. The highest BCUT2D eigenvalue weighted by molar-refractivity contribution is 5.55. The van der Waals surface area contributed by atoms with Crippen molar-refractivity contribution in [2.45, 2.75) is 38.3 Å². The maximum absolute atomic E-state index is 3.98. The van der Waals surface area contributed by atoms with Gasteiger partial charge < -0.3 is 5.32 Å². The Labute approximate surface area is 124 Å². The Morgan fingerprint density at radius 1 is 1.24 bits per heavy atom. The molecule has 6 heteroatoms. The van der Waals surface area contributed by atoms with Gasteiger partial charge in [0.05, 0.1) is 5.69 Å². The summed E-state index contributed by atoms with van der Waals surface area (Å²) in [6.45, 7) is 4.47. The number of hydrogen-bond donors (Lipinski definition) is 1. The molecule has 0 bridgehead atoms. The van der Waals surface area contributed by atoms with Crippen molar-refractivity contribution in [3.05, 3.63) is 30.1 Å². The molecule has 4 rings (SSSR count). The lowest BCUT2D eigenvalue weighted by molar-refractivity contribution is 0.326. The third kappa shape index (κ3) is 2.63. The summed E-state index contributed by atoms with van der Waals surface area (Å²) in [6.07, 6.45) is 5.64. The van der Waals surface area contributed by atoms with Gasteiger partial charge in [-0.3, -0.25) is 4.90 Å². The molecule has 2 aliphatic rings. The average Bonchev–Trinajstić information content (AvgIpc) is 3.01. The van der Waals surface area contributed by atoms with Crippen LogP contribution in [0.15, 0.2) is 24.5 Å². The van der Waals surface area contributed by atoms with Crippen LogP contribution in [-0.2, 0) is 0 Å². The van der Waals surface area contributed by atoms with Crippen LogP contribution in [0.25, 0.3) is 5.69 Å². The Kier molecular flexibility index (Phi) is 3.11. The van der Waals surface area contributed by atoms with E-state index in [0.717, 1.165) is 17.4 Å². The molecule has 1 unspecified atom stereocenters. The second kappa shape index (κ2) is 5.11. The fourth-order valence-corrected chi connectivity index (χ4v) is 3.13. The molecule has 0 spiro atoms. The van der Waals surface area contributed by atoms with Gasteiger partial charge in [-0.2, -0.15) is 0 Å². The minimum absolute atomic E-state index is 0.551. The number of nitrogens with zero attached hydrogens (tertiary/aromatic N) is 5. The second-order valence-electron chi connectivity index (χ2n) is 6.11. The molecule has 2 fully saturated rings. The molecule has 1 saturated heterocycles. The molecule has 1 N–H and O–H groups in total. The van der Waals surface area contributed by atoms with Crippen molar-refractivity contribution < 1.29 is 0 Å². The number of benzene rings is 1. The van der Waals surface area contributed by atoms with E-state index in [1.807, 2.05) is 0 Å². The summed E-state index contributed by atoms with van der Waals surface area (Å²) in [5.74, 6) is 0. The van der Waals surface area contributed by atoms with Gasteiger partial charge in [-0.25, -0.2) is 4.68 Å². The van der Waals surface area contributed by atoms with Gasteiger partial charge in [-0.05, 0) is 54.3 Å². The molecule has 1 aromatic heterocycles. The van der Waals surface area contributed by atoms with Crippen LogP contribution in [0.3, 0.4) is 0 Å². The van der Waals surface area contributed by atoms with Gasteiger partial charge in [0.25, 0.3) is 0 Å². The average molecular weight is 284 g/mol. The van der Waals surface area contributed by atoms with E-state index in [2.05, 4.69) is 50.9 Å². The van der Waals surface area contributed by atoms with E-state index in [9.17, 15) is 0 Å². The standard InChI is InChI=1S/C15H20N6/c1-11-2-3-12(8-15(11)21-10-16-18-19-21)17-13-6-7-20(9-13)14-4-5-14/h2-3,8,10,13-14,17H,4-7,9H2,1H3. The highest BCUT2D eigenvalue weighted by Gasteiger charge is 2.34. The SMILES string of the molecule is Cc1ccc(NC2CCN(C3CC3)C2)cc1-n1cnnn1. The number of tetrazole rings is 1. The molecular weight excluding hydrogens is 264 g/mol. The molecule has 1 saturated carbocycles. The third-order valence-corrected chi connectivity index (χ3v) is 4.46. The minimum Gasteiger partial charge on any atom is -0.381 e. The van der Waals surface area contributed by atoms with Crippen LogP contribution < -0.4 is 5.32 Å². The van der Waals surface area contributed by atoms with Gasteiger partial charge >= 0.3 is 0 Å². The van der Waals surface area contributed by atoms with Crippen LogP contribution >= 0.6 is 0 Å². The number of hydrogen-bond acceptors (Lipinski definition) is 5. The highest BCUT2D eigenvalue weighted by Crippen LogP contribution is 2.30. The zero-order valence-corrected chi connectivity index (χ0v) is 12.2. The molecule has 0 amide bonds. The van der Waals surface area contributed by atoms with Gasteiger partial charge in [0.15, 0.2) is 0 Å². The maximum Gasteiger partial charge on any atom is 0.143 e. The summed E-state index contributed by atoms with van der Waals surface area (Å²) in [7, 11) is 0. The molecule has 1 aliphatic carbocycles. The topological polar surface area (TPSA) is 58.9 Å². The van der Waals surface area contributed by atoms with E-state index in [1.165, 1.54) is 37.9 Å². The summed E-state index contributed by atoms with van der Waals surface area (Å²) < 4.78 is 1.71. The molecule has 2 heterocycles. The largest absolute Gasteiger partial charge is 0.381 e. The van der Waals surface area contributed by atoms with Crippen LogP contribution in [-0.4, -0.2) is 50.3 Å². The Bertz CT molecular complexity index is 619. The second-order valence-corrected chi connectivity index (χ2v) is 6.11. The summed E-state index contributed by atoms with van der Waals surface area (Å²) >= 11 is 0. The maximum atomic E-state index is 3.98. The zero-order chi connectivity index (χ0) is 14.2. The van der Waals surface area contributed by atoms with Crippen molar-refractivity contribution in [2.75, 3.05) is 18.4 Å². The lowest BCUT2D eigenvalue weighted by atomic mass is 10.1. The van der Waals surface area contributed by atoms with Crippen molar-refractivity contribution >= 4 is 5.69 Å². The van der Waals surface area contributed by atoms with E-state index in [4.69, 9.17) is 0 Å². The van der Waals surface area contributed by atoms with Gasteiger partial charge in [-0.15, -0.1) is 5.10 Å². The quantitative estimate of drug-likeness (QED) is 0.924. The Morgan fingerprint density at radius 3 is 2.90 bits per heavy atom. The van der Waals surface area contributed by atoms with Gasteiger partial charge in [0.1, 0.15) is 6.33 Å². The molecular formula is C15H20N6. The number of aromatic nitrogens is 4. The van der Waals surface area contributed by atoms with Crippen LogP contribution in [0.5, 0.6) is 0 Å². The van der Waals surface area contributed by atoms with E-state index < -0.39 is 0 Å². The molecule has 1 aliphatic heterocycles. The summed E-state index contributed by atoms with van der Waals surface area (Å²) in [5.41, 5.74) is 3.34. The number of nitrogens with one attached hydrogen (secondary N) is 1. The van der Waals surface area contributed by atoms with Crippen molar-refractivity contribution in [1.82, 2.24) is 25.1 Å². The van der Waals surface area contributed by atoms with E-state index in [1.54, 1.807) is 11.0 Å². The smallest absolute Gasteiger partial charge is 0.143 e. The number of anilines is 1. The highest BCUT2D eigenvalue weighted by atomic mass is 15.5. The predicted molar refractivity (Wildman–Crippen MR) is 80.5 cm³/mol. The molecule has 110 valence electrons. The minimum atomic E-state index is 0.551. The van der Waals surface area contributed by atoms with Crippen molar-refractivity contribution in [3.8, 4) is 5.69 Å². The summed E-state index contributed by atoms with van der Waals surface area (Å²) in [5, 5.41) is 15.1. The normalized spacial score (nSPS) is 22.6. The third-order valence-electron chi connectivity index (χ3n) is 4.46. The fraction of sp³-hybridized carbons (Fsp3) is 0.533. The van der Waals surface area contributed by atoms with E-state index in [0.29, 0.717) is 6.04 Å².